The molecule has 1 amide bonds. The van der Waals surface area contributed by atoms with Gasteiger partial charge in [0.2, 0.25) is 10.0 Å². The molecule has 2 aromatic carbocycles. The maximum absolute atomic E-state index is 13.8. The zero-order valence-corrected chi connectivity index (χ0v) is 21.2. The van der Waals surface area contributed by atoms with Gasteiger partial charge >= 0.3 is 12.1 Å². The first-order valence-corrected chi connectivity index (χ1v) is 12.8. The lowest BCUT2D eigenvalue weighted by atomic mass is 10.1. The van der Waals surface area contributed by atoms with E-state index in [2.05, 4.69) is 0 Å². The number of methoxy groups -OCH3 is 1. The van der Waals surface area contributed by atoms with E-state index in [9.17, 15) is 23.1 Å². The van der Waals surface area contributed by atoms with Gasteiger partial charge in [0.25, 0.3) is 0 Å². The van der Waals surface area contributed by atoms with Gasteiger partial charge in [-0.3, -0.25) is 0 Å². The minimum Gasteiger partial charge on any atom is -0.497 e. The van der Waals surface area contributed by atoms with Crippen molar-refractivity contribution in [1.82, 2.24) is 9.21 Å². The fourth-order valence-corrected chi connectivity index (χ4v) is 5.54. The number of carboxylic acid groups (broad SMARTS) is 1. The van der Waals surface area contributed by atoms with E-state index in [0.29, 0.717) is 30.7 Å². The minimum absolute atomic E-state index is 0.0289. The normalized spacial score (nSPS) is 16.7. The summed E-state index contributed by atoms with van der Waals surface area (Å²) in [5.74, 6) is -0.520. The van der Waals surface area contributed by atoms with Gasteiger partial charge < -0.3 is 19.5 Å². The van der Waals surface area contributed by atoms with Gasteiger partial charge in [-0.05, 0) is 75.6 Å². The fraction of sp³-hybridized carbons (Fsp3) is 0.440. The largest absolute Gasteiger partial charge is 0.497 e. The smallest absolute Gasteiger partial charge is 0.410 e. The van der Waals surface area contributed by atoms with Crippen molar-refractivity contribution < 1.29 is 32.6 Å². The second-order valence-electron chi connectivity index (χ2n) is 9.45. The molecule has 35 heavy (non-hydrogen) atoms. The zero-order valence-electron chi connectivity index (χ0n) is 20.4. The monoisotopic (exact) mass is 504 g/mol. The number of aromatic carboxylic acids is 1. The van der Waals surface area contributed by atoms with Crippen LogP contribution in [0.15, 0.2) is 53.4 Å². The number of nitrogens with zero attached hydrogens (tertiary/aromatic N) is 2. The van der Waals surface area contributed by atoms with Crippen molar-refractivity contribution in [1.29, 1.82) is 0 Å². The summed E-state index contributed by atoms with van der Waals surface area (Å²) in [4.78, 5) is 25.6. The summed E-state index contributed by atoms with van der Waals surface area (Å²) in [6, 6.07) is 11.8. The molecule has 1 atom stereocenters. The molecule has 190 valence electrons. The van der Waals surface area contributed by atoms with Gasteiger partial charge in [-0.1, -0.05) is 12.1 Å². The number of hydrogen-bond donors (Lipinski definition) is 1. The SMILES string of the molecule is COc1ccc(S(=O)(=O)N(Cc2ccc(C(=O)O)cc2)C2CCCN(C(=O)OC(C)(C)C)C2)cc1. The first kappa shape index (κ1) is 26.5. The topological polar surface area (TPSA) is 113 Å². The Bertz CT molecular complexity index is 1140. The summed E-state index contributed by atoms with van der Waals surface area (Å²) >= 11 is 0. The van der Waals surface area contributed by atoms with Crippen LogP contribution in [0.25, 0.3) is 0 Å². The molecule has 1 fully saturated rings. The molecule has 1 aliphatic heterocycles. The number of sulfonamides is 1. The highest BCUT2D eigenvalue weighted by atomic mass is 32.2. The van der Waals surface area contributed by atoms with E-state index in [0.717, 1.165) is 0 Å². The number of carbonyl (C=O) groups excluding carboxylic acids is 1. The van der Waals surface area contributed by atoms with Crippen LogP contribution in [0.2, 0.25) is 0 Å². The Hall–Kier alpha value is -3.11. The highest BCUT2D eigenvalue weighted by molar-refractivity contribution is 7.89. The van der Waals surface area contributed by atoms with Gasteiger partial charge in [0, 0.05) is 25.7 Å². The summed E-state index contributed by atoms with van der Waals surface area (Å²) in [6.07, 6.45) is 0.716. The molecule has 2 aromatic rings. The lowest BCUT2D eigenvalue weighted by Gasteiger charge is -2.39. The molecule has 1 saturated heterocycles. The van der Waals surface area contributed by atoms with Crippen LogP contribution in [-0.4, -0.2) is 66.6 Å². The number of ether oxygens (including phenoxy) is 2. The second kappa shape index (κ2) is 10.7. The minimum atomic E-state index is -3.95. The molecule has 1 N–H and O–H groups in total. The molecular formula is C25H32N2O7S. The number of benzene rings is 2. The van der Waals surface area contributed by atoms with E-state index >= 15 is 0 Å². The number of amides is 1. The Balaban J connectivity index is 1.93. The van der Waals surface area contributed by atoms with Crippen molar-refractivity contribution >= 4 is 22.1 Å². The van der Waals surface area contributed by atoms with Gasteiger partial charge in [-0.15, -0.1) is 0 Å². The number of hydrogen-bond acceptors (Lipinski definition) is 6. The number of rotatable bonds is 7. The molecule has 3 rings (SSSR count). The maximum Gasteiger partial charge on any atom is 0.410 e. The summed E-state index contributed by atoms with van der Waals surface area (Å²) in [5, 5.41) is 9.18. The molecule has 0 aliphatic carbocycles. The third-order valence-corrected chi connectivity index (χ3v) is 7.57. The van der Waals surface area contributed by atoms with Crippen molar-refractivity contribution in [2.24, 2.45) is 0 Å². The van der Waals surface area contributed by atoms with E-state index in [-0.39, 0.29) is 23.5 Å². The number of likely N-dealkylation sites (tertiary alicyclic amines) is 1. The summed E-state index contributed by atoms with van der Waals surface area (Å²) in [7, 11) is -2.45. The van der Waals surface area contributed by atoms with E-state index in [1.807, 2.05) is 0 Å². The number of piperidine rings is 1. The molecule has 0 bridgehead atoms. The molecule has 0 aromatic heterocycles. The third-order valence-electron chi connectivity index (χ3n) is 5.66. The quantitative estimate of drug-likeness (QED) is 0.607. The van der Waals surface area contributed by atoms with Crippen LogP contribution >= 0.6 is 0 Å². The Morgan fingerprint density at radius 2 is 1.71 bits per heavy atom. The van der Waals surface area contributed by atoms with Gasteiger partial charge in [0.15, 0.2) is 0 Å². The van der Waals surface area contributed by atoms with E-state index < -0.39 is 33.7 Å². The molecule has 0 saturated carbocycles. The van der Waals surface area contributed by atoms with Crippen molar-refractivity contribution in [2.45, 2.75) is 56.7 Å². The molecule has 0 spiro atoms. The Kier molecular flexibility index (Phi) is 8.07. The molecule has 1 heterocycles. The zero-order chi connectivity index (χ0) is 25.8. The average molecular weight is 505 g/mol. The molecule has 10 heteroatoms. The van der Waals surface area contributed by atoms with Gasteiger partial charge in [-0.2, -0.15) is 4.31 Å². The van der Waals surface area contributed by atoms with Gasteiger partial charge in [0.05, 0.1) is 17.6 Å². The molecular weight excluding hydrogens is 472 g/mol. The Morgan fingerprint density at radius 3 is 2.26 bits per heavy atom. The van der Waals surface area contributed by atoms with Crippen LogP contribution in [0, 0.1) is 0 Å². The first-order valence-electron chi connectivity index (χ1n) is 11.4. The number of carboxylic acids is 1. The van der Waals surface area contributed by atoms with Crippen molar-refractivity contribution in [3.8, 4) is 5.75 Å². The molecule has 0 radical (unpaired) electrons. The Morgan fingerprint density at radius 1 is 1.09 bits per heavy atom. The first-order chi connectivity index (χ1) is 16.4. The second-order valence-corrected chi connectivity index (χ2v) is 11.3. The molecule has 9 nitrogen and oxygen atoms in total. The van der Waals surface area contributed by atoms with Crippen molar-refractivity contribution in [2.75, 3.05) is 20.2 Å². The Labute approximate surface area is 206 Å². The van der Waals surface area contributed by atoms with E-state index in [1.165, 1.54) is 35.7 Å². The molecule has 1 aliphatic rings. The standard InChI is InChI=1S/C25H32N2O7S/c1-25(2,3)34-24(30)26-15-5-6-20(17-26)27(16-18-7-9-19(10-8-18)23(28)29)35(31,32)22-13-11-21(33-4)12-14-22/h7-14,20H,5-6,15-17H2,1-4H3,(H,28,29). The average Bonchev–Trinajstić information content (AvgIpc) is 2.81. The highest BCUT2D eigenvalue weighted by Crippen LogP contribution is 2.28. The fourth-order valence-electron chi connectivity index (χ4n) is 3.91. The van der Waals surface area contributed by atoms with Gasteiger partial charge in [-0.25, -0.2) is 18.0 Å². The summed E-state index contributed by atoms with van der Waals surface area (Å²) in [6.45, 7) is 6.06. The van der Waals surface area contributed by atoms with Crippen LogP contribution in [0.3, 0.4) is 0 Å². The summed E-state index contributed by atoms with van der Waals surface area (Å²) in [5.41, 5.74) is 0.0960. The van der Waals surface area contributed by atoms with Crippen molar-refractivity contribution in [3.05, 3.63) is 59.7 Å². The lowest BCUT2D eigenvalue weighted by molar-refractivity contribution is 0.0152. The summed E-state index contributed by atoms with van der Waals surface area (Å²) < 4.78 is 39.6. The van der Waals surface area contributed by atoms with E-state index in [1.54, 1.807) is 49.9 Å². The van der Waals surface area contributed by atoms with E-state index in [4.69, 9.17) is 9.47 Å². The lowest BCUT2D eigenvalue weighted by Crippen LogP contribution is -2.52. The van der Waals surface area contributed by atoms with Crippen LogP contribution in [-0.2, 0) is 21.3 Å². The van der Waals surface area contributed by atoms with Crippen LogP contribution in [0.1, 0.15) is 49.5 Å². The molecule has 1 unspecified atom stereocenters. The highest BCUT2D eigenvalue weighted by Gasteiger charge is 2.36. The van der Waals surface area contributed by atoms with Crippen LogP contribution in [0.5, 0.6) is 5.75 Å². The number of carbonyl (C=O) groups is 2. The predicted molar refractivity (Wildman–Crippen MR) is 130 cm³/mol. The van der Waals surface area contributed by atoms with Crippen molar-refractivity contribution in [3.63, 3.8) is 0 Å². The maximum atomic E-state index is 13.8. The van der Waals surface area contributed by atoms with Gasteiger partial charge in [0.1, 0.15) is 11.4 Å². The predicted octanol–water partition coefficient (Wildman–Crippen LogP) is 3.98. The van der Waals surface area contributed by atoms with Crippen LogP contribution in [0.4, 0.5) is 4.79 Å². The van der Waals surface area contributed by atoms with Crippen LogP contribution < -0.4 is 4.74 Å². The third kappa shape index (κ3) is 6.73.